The van der Waals surface area contributed by atoms with Gasteiger partial charge in [-0.25, -0.2) is 4.98 Å². The third-order valence-corrected chi connectivity index (χ3v) is 3.88. The number of nitrogens with zero attached hydrogens (tertiary/aromatic N) is 2. The molecule has 0 radical (unpaired) electrons. The Bertz CT molecular complexity index is 375. The Labute approximate surface area is 110 Å². The summed E-state index contributed by atoms with van der Waals surface area (Å²) < 4.78 is 7.71. The molecule has 0 bridgehead atoms. The predicted molar refractivity (Wildman–Crippen MR) is 72.3 cm³/mol. The van der Waals surface area contributed by atoms with Gasteiger partial charge in [0.05, 0.1) is 18.1 Å². The molecule has 102 valence electrons. The summed E-state index contributed by atoms with van der Waals surface area (Å²) >= 11 is 0. The van der Waals surface area contributed by atoms with Crippen molar-refractivity contribution in [2.75, 3.05) is 7.11 Å². The Morgan fingerprint density at radius 2 is 2.28 bits per heavy atom. The maximum atomic E-state index is 6.28. The van der Waals surface area contributed by atoms with Crippen molar-refractivity contribution in [3.63, 3.8) is 0 Å². The highest BCUT2D eigenvalue weighted by Crippen LogP contribution is 2.34. The summed E-state index contributed by atoms with van der Waals surface area (Å²) in [6, 6.07) is 0.597. The van der Waals surface area contributed by atoms with Crippen molar-refractivity contribution in [3.8, 4) is 0 Å². The highest BCUT2D eigenvalue weighted by Gasteiger charge is 2.28. The standard InChI is InChI=1S/C14H25N3O/c1-10(2)6-13(15)14-8-16-9-17(14)11-4-5-12(7-11)18-3/h8-13H,4-7,15H2,1-3H3. The summed E-state index contributed by atoms with van der Waals surface area (Å²) in [5, 5.41) is 0. The average molecular weight is 251 g/mol. The van der Waals surface area contributed by atoms with Gasteiger partial charge in [0.1, 0.15) is 0 Å². The van der Waals surface area contributed by atoms with E-state index in [1.54, 1.807) is 7.11 Å². The molecule has 1 aromatic rings. The monoisotopic (exact) mass is 251 g/mol. The Kier molecular flexibility index (Phi) is 4.40. The van der Waals surface area contributed by atoms with Crippen LogP contribution in [0.25, 0.3) is 0 Å². The van der Waals surface area contributed by atoms with Crippen LogP contribution in [0.4, 0.5) is 0 Å². The first-order chi connectivity index (χ1) is 8.61. The van der Waals surface area contributed by atoms with E-state index in [1.165, 1.54) is 5.69 Å². The lowest BCUT2D eigenvalue weighted by molar-refractivity contribution is 0.105. The third-order valence-electron chi connectivity index (χ3n) is 3.88. The lowest BCUT2D eigenvalue weighted by Crippen LogP contribution is -2.19. The van der Waals surface area contributed by atoms with E-state index < -0.39 is 0 Å². The van der Waals surface area contributed by atoms with Gasteiger partial charge in [0, 0.05) is 25.4 Å². The second-order valence-corrected chi connectivity index (χ2v) is 5.79. The van der Waals surface area contributed by atoms with Gasteiger partial charge in [-0.3, -0.25) is 0 Å². The summed E-state index contributed by atoms with van der Waals surface area (Å²) in [6.07, 6.45) is 8.63. The van der Waals surface area contributed by atoms with Gasteiger partial charge in [0.25, 0.3) is 0 Å². The van der Waals surface area contributed by atoms with Gasteiger partial charge in [-0.2, -0.15) is 0 Å². The van der Waals surface area contributed by atoms with E-state index in [4.69, 9.17) is 10.5 Å². The Hall–Kier alpha value is -0.870. The second kappa shape index (κ2) is 5.85. The minimum absolute atomic E-state index is 0.0918. The Morgan fingerprint density at radius 3 is 2.89 bits per heavy atom. The Balaban J connectivity index is 2.08. The second-order valence-electron chi connectivity index (χ2n) is 5.79. The van der Waals surface area contributed by atoms with Gasteiger partial charge < -0.3 is 15.0 Å². The summed E-state index contributed by atoms with van der Waals surface area (Å²) in [4.78, 5) is 4.29. The van der Waals surface area contributed by atoms with Crippen molar-refractivity contribution in [1.29, 1.82) is 0 Å². The summed E-state index contributed by atoms with van der Waals surface area (Å²) in [5.74, 6) is 0.610. The molecule has 3 unspecified atom stereocenters. The minimum Gasteiger partial charge on any atom is -0.381 e. The molecule has 0 aromatic carbocycles. The van der Waals surface area contributed by atoms with Crippen molar-refractivity contribution >= 4 is 0 Å². The Morgan fingerprint density at radius 1 is 1.50 bits per heavy atom. The molecular formula is C14H25N3O. The summed E-state index contributed by atoms with van der Waals surface area (Å²) in [7, 11) is 1.80. The van der Waals surface area contributed by atoms with Gasteiger partial charge >= 0.3 is 0 Å². The van der Waals surface area contributed by atoms with Crippen molar-refractivity contribution in [2.45, 2.75) is 57.7 Å². The number of hydrogen-bond acceptors (Lipinski definition) is 3. The number of methoxy groups -OCH3 is 1. The van der Waals surface area contributed by atoms with Crippen LogP contribution in [0.1, 0.15) is 57.3 Å². The van der Waals surface area contributed by atoms with Crippen LogP contribution in [0, 0.1) is 5.92 Å². The molecule has 1 aromatic heterocycles. The van der Waals surface area contributed by atoms with Crippen LogP contribution < -0.4 is 5.73 Å². The largest absolute Gasteiger partial charge is 0.381 e. The van der Waals surface area contributed by atoms with Crippen molar-refractivity contribution in [1.82, 2.24) is 9.55 Å². The zero-order valence-corrected chi connectivity index (χ0v) is 11.7. The molecule has 2 N–H and O–H groups in total. The van der Waals surface area contributed by atoms with Gasteiger partial charge in [0.15, 0.2) is 0 Å². The molecular weight excluding hydrogens is 226 g/mol. The van der Waals surface area contributed by atoms with Crippen molar-refractivity contribution in [3.05, 3.63) is 18.2 Å². The van der Waals surface area contributed by atoms with Gasteiger partial charge in [-0.1, -0.05) is 13.8 Å². The van der Waals surface area contributed by atoms with Crippen LogP contribution in [0.5, 0.6) is 0 Å². The highest BCUT2D eigenvalue weighted by molar-refractivity contribution is 5.07. The zero-order chi connectivity index (χ0) is 13.1. The predicted octanol–water partition coefficient (Wildman–Crippen LogP) is 2.67. The first kappa shape index (κ1) is 13.6. The summed E-state index contributed by atoms with van der Waals surface area (Å²) in [5.41, 5.74) is 7.46. The maximum absolute atomic E-state index is 6.28. The van der Waals surface area contributed by atoms with E-state index in [1.807, 2.05) is 12.5 Å². The van der Waals surface area contributed by atoms with Crippen LogP contribution in [-0.4, -0.2) is 22.8 Å². The van der Waals surface area contributed by atoms with E-state index in [2.05, 4.69) is 23.4 Å². The molecule has 0 saturated heterocycles. The molecule has 3 atom stereocenters. The van der Waals surface area contributed by atoms with E-state index >= 15 is 0 Å². The van der Waals surface area contributed by atoms with E-state index in [0.717, 1.165) is 25.7 Å². The molecule has 1 aliphatic rings. The SMILES string of the molecule is COC1CCC(n2cncc2C(N)CC(C)C)C1. The van der Waals surface area contributed by atoms with Crippen LogP contribution >= 0.6 is 0 Å². The van der Waals surface area contributed by atoms with Crippen molar-refractivity contribution in [2.24, 2.45) is 11.7 Å². The lowest BCUT2D eigenvalue weighted by Gasteiger charge is -2.20. The number of ether oxygens (including phenoxy) is 1. The third kappa shape index (κ3) is 2.93. The van der Waals surface area contributed by atoms with E-state index in [0.29, 0.717) is 18.1 Å². The first-order valence-corrected chi connectivity index (χ1v) is 6.92. The molecule has 2 rings (SSSR count). The molecule has 0 aliphatic heterocycles. The minimum atomic E-state index is 0.0918. The highest BCUT2D eigenvalue weighted by atomic mass is 16.5. The first-order valence-electron chi connectivity index (χ1n) is 6.92. The topological polar surface area (TPSA) is 53.1 Å². The molecule has 0 amide bonds. The quantitative estimate of drug-likeness (QED) is 0.875. The molecule has 1 heterocycles. The van der Waals surface area contributed by atoms with E-state index in [9.17, 15) is 0 Å². The average Bonchev–Trinajstić information content (AvgIpc) is 2.96. The lowest BCUT2D eigenvalue weighted by atomic mass is 10.0. The van der Waals surface area contributed by atoms with Crippen LogP contribution in [-0.2, 0) is 4.74 Å². The fourth-order valence-electron chi connectivity index (χ4n) is 2.92. The van der Waals surface area contributed by atoms with Crippen LogP contribution in [0.3, 0.4) is 0 Å². The number of imidazole rings is 1. The number of aromatic nitrogens is 2. The molecule has 0 spiro atoms. The van der Waals surface area contributed by atoms with Gasteiger partial charge in [-0.05, 0) is 31.6 Å². The number of rotatable bonds is 5. The zero-order valence-electron chi connectivity index (χ0n) is 11.7. The van der Waals surface area contributed by atoms with Gasteiger partial charge in [0.2, 0.25) is 0 Å². The molecule has 18 heavy (non-hydrogen) atoms. The molecule has 4 heteroatoms. The maximum Gasteiger partial charge on any atom is 0.0951 e. The normalized spacial score (nSPS) is 25.8. The van der Waals surface area contributed by atoms with Gasteiger partial charge in [-0.15, -0.1) is 0 Å². The van der Waals surface area contributed by atoms with E-state index in [-0.39, 0.29) is 6.04 Å². The summed E-state index contributed by atoms with van der Waals surface area (Å²) in [6.45, 7) is 4.41. The molecule has 1 aliphatic carbocycles. The fourth-order valence-corrected chi connectivity index (χ4v) is 2.92. The molecule has 1 saturated carbocycles. The smallest absolute Gasteiger partial charge is 0.0951 e. The molecule has 1 fully saturated rings. The fraction of sp³-hybridized carbons (Fsp3) is 0.786. The van der Waals surface area contributed by atoms with Crippen LogP contribution in [0.2, 0.25) is 0 Å². The number of nitrogens with two attached hydrogens (primary N) is 1. The number of hydrogen-bond donors (Lipinski definition) is 1. The van der Waals surface area contributed by atoms with Crippen LogP contribution in [0.15, 0.2) is 12.5 Å². The van der Waals surface area contributed by atoms with Crippen molar-refractivity contribution < 1.29 is 4.74 Å². The molecule has 4 nitrogen and oxygen atoms in total.